The van der Waals surface area contributed by atoms with Crippen LogP contribution in [0.15, 0.2) is 36.7 Å². The Morgan fingerprint density at radius 1 is 1.37 bits per heavy atom. The summed E-state index contributed by atoms with van der Waals surface area (Å²) in [5.41, 5.74) is 7.66. The van der Waals surface area contributed by atoms with Crippen LogP contribution in [0.1, 0.15) is 11.1 Å². The van der Waals surface area contributed by atoms with E-state index in [0.717, 1.165) is 5.56 Å². The van der Waals surface area contributed by atoms with Gasteiger partial charge in [-0.2, -0.15) is 5.10 Å². The third-order valence-corrected chi connectivity index (χ3v) is 3.86. The van der Waals surface area contributed by atoms with Crippen molar-refractivity contribution in [1.29, 1.82) is 0 Å². The van der Waals surface area contributed by atoms with Crippen molar-refractivity contribution in [2.45, 2.75) is 12.3 Å². The monoisotopic (exact) mass is 280 g/mol. The molecule has 0 aliphatic rings. The Kier molecular flexibility index (Phi) is 3.87. The van der Waals surface area contributed by atoms with E-state index < -0.39 is 10.0 Å². The predicted molar refractivity (Wildman–Crippen MR) is 73.5 cm³/mol. The molecule has 0 radical (unpaired) electrons. The lowest BCUT2D eigenvalue weighted by molar-refractivity contribution is 0.580. The standard InChI is InChI=1S/C12H16N4O2S/c1-16-8-11(6-14-16)7-15-19(17,18)9-10-3-2-4-12(13)5-10/h2-6,8,15H,7,9,13H2,1H3. The van der Waals surface area contributed by atoms with Crippen molar-refractivity contribution in [2.75, 3.05) is 5.73 Å². The van der Waals surface area contributed by atoms with Gasteiger partial charge in [0.2, 0.25) is 10.0 Å². The zero-order valence-electron chi connectivity index (χ0n) is 10.6. The molecule has 1 heterocycles. The van der Waals surface area contributed by atoms with Gasteiger partial charge in [0.15, 0.2) is 0 Å². The molecular formula is C12H16N4O2S. The number of nitrogen functional groups attached to an aromatic ring is 1. The Labute approximate surface area is 112 Å². The zero-order valence-corrected chi connectivity index (χ0v) is 11.4. The Hall–Kier alpha value is -1.86. The second-order valence-electron chi connectivity index (χ2n) is 4.35. The maximum absolute atomic E-state index is 11.9. The van der Waals surface area contributed by atoms with Crippen LogP contribution in [0.3, 0.4) is 0 Å². The molecule has 1 aromatic heterocycles. The first-order valence-electron chi connectivity index (χ1n) is 5.74. The molecule has 0 aliphatic carbocycles. The highest BCUT2D eigenvalue weighted by atomic mass is 32.2. The average molecular weight is 280 g/mol. The summed E-state index contributed by atoms with van der Waals surface area (Å²) in [6, 6.07) is 6.85. The molecule has 0 saturated carbocycles. The van der Waals surface area contributed by atoms with Gasteiger partial charge in [-0.1, -0.05) is 12.1 Å². The Balaban J connectivity index is 1.99. The molecule has 0 fully saturated rings. The van der Waals surface area contributed by atoms with Gasteiger partial charge >= 0.3 is 0 Å². The summed E-state index contributed by atoms with van der Waals surface area (Å²) in [7, 11) is -1.60. The molecule has 0 bridgehead atoms. The third kappa shape index (κ3) is 4.08. The normalized spacial score (nSPS) is 11.6. The molecule has 0 saturated heterocycles. The number of nitrogens with one attached hydrogen (secondary N) is 1. The summed E-state index contributed by atoms with van der Waals surface area (Å²) in [5.74, 6) is -0.0850. The summed E-state index contributed by atoms with van der Waals surface area (Å²) in [6.45, 7) is 0.235. The van der Waals surface area contributed by atoms with Crippen LogP contribution in [-0.4, -0.2) is 18.2 Å². The predicted octanol–water partition coefficient (Wildman–Crippen LogP) is 0.622. The molecule has 0 unspecified atom stereocenters. The van der Waals surface area contributed by atoms with Crippen LogP contribution >= 0.6 is 0 Å². The number of aryl methyl sites for hydroxylation is 1. The SMILES string of the molecule is Cn1cc(CNS(=O)(=O)Cc2cccc(N)c2)cn1. The molecular weight excluding hydrogens is 264 g/mol. The first-order chi connectivity index (χ1) is 8.94. The van der Waals surface area contributed by atoms with Crippen molar-refractivity contribution in [3.63, 3.8) is 0 Å². The van der Waals surface area contributed by atoms with Crippen molar-refractivity contribution in [2.24, 2.45) is 7.05 Å². The van der Waals surface area contributed by atoms with Gasteiger partial charge in [-0.05, 0) is 17.7 Å². The minimum Gasteiger partial charge on any atom is -0.399 e. The van der Waals surface area contributed by atoms with Gasteiger partial charge in [0.25, 0.3) is 0 Å². The fourth-order valence-corrected chi connectivity index (χ4v) is 2.82. The van der Waals surface area contributed by atoms with Crippen LogP contribution in [0.4, 0.5) is 5.69 Å². The Morgan fingerprint density at radius 2 is 2.16 bits per heavy atom. The van der Waals surface area contributed by atoms with Crippen molar-refractivity contribution < 1.29 is 8.42 Å². The molecule has 19 heavy (non-hydrogen) atoms. The van der Waals surface area contributed by atoms with Crippen LogP contribution in [0, 0.1) is 0 Å². The number of nitrogens with zero attached hydrogens (tertiary/aromatic N) is 2. The van der Waals surface area contributed by atoms with Crippen LogP contribution < -0.4 is 10.5 Å². The van der Waals surface area contributed by atoms with E-state index >= 15 is 0 Å². The van der Waals surface area contributed by atoms with Crippen molar-refractivity contribution >= 4 is 15.7 Å². The molecule has 2 rings (SSSR count). The number of nitrogens with two attached hydrogens (primary N) is 1. The van der Waals surface area contributed by atoms with E-state index in [1.807, 2.05) is 0 Å². The number of anilines is 1. The van der Waals surface area contributed by atoms with Crippen LogP contribution in [0.5, 0.6) is 0 Å². The van der Waals surface area contributed by atoms with Gasteiger partial charge in [-0.25, -0.2) is 13.1 Å². The quantitative estimate of drug-likeness (QED) is 0.786. The Bertz CT molecular complexity index is 664. The Morgan fingerprint density at radius 3 is 2.79 bits per heavy atom. The van der Waals surface area contributed by atoms with E-state index in [4.69, 9.17) is 5.73 Å². The lowest BCUT2D eigenvalue weighted by atomic mass is 10.2. The maximum Gasteiger partial charge on any atom is 0.216 e. The molecule has 7 heteroatoms. The lowest BCUT2D eigenvalue weighted by Gasteiger charge is -2.06. The summed E-state index contributed by atoms with van der Waals surface area (Å²) < 4.78 is 28.0. The van der Waals surface area contributed by atoms with E-state index in [1.165, 1.54) is 0 Å². The van der Waals surface area contributed by atoms with Gasteiger partial charge in [0.05, 0.1) is 11.9 Å². The van der Waals surface area contributed by atoms with Crippen LogP contribution in [0.2, 0.25) is 0 Å². The summed E-state index contributed by atoms with van der Waals surface area (Å²) in [5, 5.41) is 3.98. The first-order valence-corrected chi connectivity index (χ1v) is 7.39. The molecule has 102 valence electrons. The number of aromatic nitrogens is 2. The highest BCUT2D eigenvalue weighted by Gasteiger charge is 2.11. The van der Waals surface area contributed by atoms with Crippen LogP contribution in [0.25, 0.3) is 0 Å². The van der Waals surface area contributed by atoms with E-state index in [0.29, 0.717) is 11.3 Å². The van der Waals surface area contributed by atoms with E-state index in [-0.39, 0.29) is 12.3 Å². The van der Waals surface area contributed by atoms with Gasteiger partial charge in [0.1, 0.15) is 0 Å². The maximum atomic E-state index is 11.9. The number of sulfonamides is 1. The fourth-order valence-electron chi connectivity index (χ4n) is 1.71. The van der Waals surface area contributed by atoms with Crippen molar-refractivity contribution in [3.8, 4) is 0 Å². The minimum atomic E-state index is -3.38. The molecule has 0 amide bonds. The first kappa shape index (κ1) is 13.6. The molecule has 3 N–H and O–H groups in total. The van der Waals surface area contributed by atoms with Gasteiger partial charge in [-0.3, -0.25) is 4.68 Å². The fraction of sp³-hybridized carbons (Fsp3) is 0.250. The third-order valence-electron chi connectivity index (χ3n) is 2.56. The second-order valence-corrected chi connectivity index (χ2v) is 6.15. The topological polar surface area (TPSA) is 90.0 Å². The molecule has 0 spiro atoms. The highest BCUT2D eigenvalue weighted by molar-refractivity contribution is 7.88. The number of rotatable bonds is 5. The molecule has 2 aromatic rings. The van der Waals surface area contributed by atoms with Gasteiger partial charge in [-0.15, -0.1) is 0 Å². The van der Waals surface area contributed by atoms with Crippen molar-refractivity contribution in [1.82, 2.24) is 14.5 Å². The minimum absolute atomic E-state index is 0.0850. The zero-order chi connectivity index (χ0) is 13.9. The average Bonchev–Trinajstić information content (AvgIpc) is 2.72. The number of hydrogen-bond acceptors (Lipinski definition) is 4. The van der Waals surface area contributed by atoms with E-state index in [1.54, 1.807) is 48.4 Å². The summed E-state index contributed by atoms with van der Waals surface area (Å²) in [6.07, 6.45) is 3.39. The number of benzene rings is 1. The van der Waals surface area contributed by atoms with E-state index in [2.05, 4.69) is 9.82 Å². The summed E-state index contributed by atoms with van der Waals surface area (Å²) in [4.78, 5) is 0. The summed E-state index contributed by atoms with van der Waals surface area (Å²) >= 11 is 0. The van der Waals surface area contributed by atoms with E-state index in [9.17, 15) is 8.42 Å². The molecule has 1 aromatic carbocycles. The van der Waals surface area contributed by atoms with Crippen molar-refractivity contribution in [3.05, 3.63) is 47.8 Å². The highest BCUT2D eigenvalue weighted by Crippen LogP contribution is 2.10. The second kappa shape index (κ2) is 5.41. The van der Waals surface area contributed by atoms with Crippen LogP contribution in [-0.2, 0) is 29.4 Å². The lowest BCUT2D eigenvalue weighted by Crippen LogP contribution is -2.24. The largest absolute Gasteiger partial charge is 0.399 e. The van der Waals surface area contributed by atoms with Gasteiger partial charge in [0, 0.05) is 31.0 Å². The molecule has 0 aliphatic heterocycles. The smallest absolute Gasteiger partial charge is 0.216 e. The molecule has 6 nitrogen and oxygen atoms in total. The van der Waals surface area contributed by atoms with Gasteiger partial charge < -0.3 is 5.73 Å². The number of hydrogen-bond donors (Lipinski definition) is 2. The molecule has 0 atom stereocenters.